The molecular formula is C19H16Cl2N4O10. The largest absolute Gasteiger partial charge is 0.504 e. The topological polar surface area (TPSA) is 203 Å². The minimum absolute atomic E-state index is 0.294. The van der Waals surface area contributed by atoms with Gasteiger partial charge in [0, 0.05) is 12.1 Å². The highest BCUT2D eigenvalue weighted by atomic mass is 35.5. The molecular weight excluding hydrogens is 515 g/mol. The van der Waals surface area contributed by atoms with Crippen LogP contribution in [0.15, 0.2) is 24.3 Å². The van der Waals surface area contributed by atoms with Crippen LogP contribution < -0.4 is 10.6 Å². The molecule has 16 heteroatoms. The summed E-state index contributed by atoms with van der Waals surface area (Å²) < 4.78 is 11.0. The maximum absolute atomic E-state index is 12.9. The Morgan fingerprint density at radius 2 is 1.20 bits per heavy atom. The molecule has 0 aliphatic carbocycles. The van der Waals surface area contributed by atoms with Crippen LogP contribution in [0.5, 0.6) is 11.5 Å². The van der Waals surface area contributed by atoms with E-state index >= 15 is 0 Å². The molecule has 0 spiro atoms. The first-order chi connectivity index (χ1) is 16.2. The Labute approximate surface area is 205 Å². The zero-order valence-electron chi connectivity index (χ0n) is 17.8. The Bertz CT molecular complexity index is 1160. The summed E-state index contributed by atoms with van der Waals surface area (Å²) in [6.07, 6.45) is -3.18. The molecule has 1 aliphatic heterocycles. The first-order valence-corrected chi connectivity index (χ1v) is 10.3. The average molecular weight is 531 g/mol. The molecule has 2 aromatic carbocycles. The van der Waals surface area contributed by atoms with Crippen LogP contribution in [-0.2, 0) is 19.1 Å². The molecule has 3 rings (SSSR count). The number of hydrogen-bond donors (Lipinski definition) is 4. The quantitative estimate of drug-likeness (QED) is 0.243. The highest BCUT2D eigenvalue weighted by molar-refractivity contribution is 6.35. The lowest BCUT2D eigenvalue weighted by atomic mass is 10.1. The predicted octanol–water partition coefficient (Wildman–Crippen LogP) is 3.32. The molecule has 2 aromatic rings. The molecule has 1 fully saturated rings. The van der Waals surface area contributed by atoms with Gasteiger partial charge in [-0.05, 0) is 26.0 Å². The van der Waals surface area contributed by atoms with Crippen molar-refractivity contribution >= 4 is 57.8 Å². The number of nitrogens with one attached hydrogen (secondary N) is 2. The predicted molar refractivity (Wildman–Crippen MR) is 121 cm³/mol. The van der Waals surface area contributed by atoms with Crippen molar-refractivity contribution in [1.82, 2.24) is 0 Å². The van der Waals surface area contributed by atoms with E-state index in [-0.39, 0.29) is 11.4 Å². The Hall–Kier alpha value is -3.72. The highest BCUT2D eigenvalue weighted by Gasteiger charge is 2.49. The van der Waals surface area contributed by atoms with E-state index in [1.54, 1.807) is 0 Å². The summed E-state index contributed by atoms with van der Waals surface area (Å²) in [5.41, 5.74) is -1.78. The molecule has 1 heterocycles. The van der Waals surface area contributed by atoms with Crippen LogP contribution in [0, 0.1) is 20.2 Å². The fraction of sp³-hybridized carbons (Fsp3) is 0.263. The van der Waals surface area contributed by atoms with Crippen molar-refractivity contribution < 1.29 is 39.1 Å². The number of nitro groups is 2. The summed E-state index contributed by atoms with van der Waals surface area (Å²) in [4.78, 5) is 45.9. The van der Waals surface area contributed by atoms with E-state index < -0.39 is 72.6 Å². The molecule has 2 amide bonds. The molecule has 2 atom stereocenters. The van der Waals surface area contributed by atoms with Crippen molar-refractivity contribution in [1.29, 1.82) is 0 Å². The van der Waals surface area contributed by atoms with Gasteiger partial charge in [0.05, 0.1) is 21.2 Å². The van der Waals surface area contributed by atoms with Gasteiger partial charge in [0.15, 0.2) is 39.5 Å². The fourth-order valence-corrected chi connectivity index (χ4v) is 3.61. The van der Waals surface area contributed by atoms with Crippen LogP contribution in [0.2, 0.25) is 10.0 Å². The van der Waals surface area contributed by atoms with E-state index in [4.69, 9.17) is 32.7 Å². The standard InChI is InChI=1S/C19H16Cl2N4O10/c1-19(2)34-15(17(28)22-7-3-5-9(24(30)31)11(20)13(7)26)16(35-19)18(29)23-8-4-6-10(25(32)33)12(21)14(8)27/h3-6,15-16,26-27H,1-2H3,(H,22,28)(H,23,29)/t15-,16-/m1/s1. The van der Waals surface area contributed by atoms with Crippen LogP contribution in [0.25, 0.3) is 0 Å². The lowest BCUT2D eigenvalue weighted by molar-refractivity contribution is -0.384. The van der Waals surface area contributed by atoms with E-state index in [2.05, 4.69) is 10.6 Å². The fourth-order valence-electron chi connectivity index (χ4n) is 3.14. The Morgan fingerprint density at radius 3 is 1.51 bits per heavy atom. The third-order valence-corrected chi connectivity index (χ3v) is 5.46. The number of anilines is 2. The maximum Gasteiger partial charge on any atom is 0.291 e. The summed E-state index contributed by atoms with van der Waals surface area (Å²) in [6.45, 7) is 2.84. The number of phenols is 2. The zero-order chi connectivity index (χ0) is 26.2. The number of carbonyl (C=O) groups is 2. The van der Waals surface area contributed by atoms with E-state index in [0.29, 0.717) is 0 Å². The summed E-state index contributed by atoms with van der Waals surface area (Å²) in [6, 6.07) is 3.98. The number of rotatable bonds is 6. The molecule has 186 valence electrons. The van der Waals surface area contributed by atoms with Gasteiger partial charge in [-0.15, -0.1) is 0 Å². The van der Waals surface area contributed by atoms with E-state index in [1.165, 1.54) is 13.8 Å². The first kappa shape index (κ1) is 25.9. The van der Waals surface area contributed by atoms with Gasteiger partial charge in [0.1, 0.15) is 0 Å². The molecule has 0 radical (unpaired) electrons. The Balaban J connectivity index is 1.84. The van der Waals surface area contributed by atoms with Gasteiger partial charge in [-0.25, -0.2) is 0 Å². The number of nitrogens with zero attached hydrogens (tertiary/aromatic N) is 2. The molecule has 4 N–H and O–H groups in total. The number of ether oxygens (including phenoxy) is 2. The summed E-state index contributed by atoms with van der Waals surface area (Å²) in [5.74, 6) is -4.92. The van der Waals surface area contributed by atoms with Gasteiger partial charge < -0.3 is 30.3 Å². The molecule has 0 unspecified atom stereocenters. The number of phenolic OH excluding ortho intramolecular Hbond substituents is 2. The Kier molecular flexibility index (Phi) is 7.03. The van der Waals surface area contributed by atoms with Gasteiger partial charge in [0.2, 0.25) is 0 Å². The molecule has 35 heavy (non-hydrogen) atoms. The molecule has 1 aliphatic rings. The number of aromatic hydroxyl groups is 2. The minimum atomic E-state index is -1.59. The monoisotopic (exact) mass is 530 g/mol. The maximum atomic E-state index is 12.9. The van der Waals surface area contributed by atoms with Crippen LogP contribution in [0.1, 0.15) is 13.8 Å². The average Bonchev–Trinajstić information content (AvgIpc) is 3.10. The number of amides is 2. The number of carbonyl (C=O) groups excluding carboxylic acids is 2. The first-order valence-electron chi connectivity index (χ1n) is 9.52. The number of hydrogen-bond acceptors (Lipinski definition) is 10. The van der Waals surface area contributed by atoms with Gasteiger partial charge in [-0.1, -0.05) is 23.2 Å². The molecule has 0 bridgehead atoms. The molecule has 1 saturated heterocycles. The van der Waals surface area contributed by atoms with Crippen LogP contribution in [-0.4, -0.2) is 49.9 Å². The van der Waals surface area contributed by atoms with Crippen molar-refractivity contribution in [2.45, 2.75) is 31.8 Å². The lowest BCUT2D eigenvalue weighted by Crippen LogP contribution is -2.43. The number of benzene rings is 2. The number of nitro benzene ring substituents is 2. The summed E-state index contributed by atoms with van der Waals surface area (Å²) in [7, 11) is 0. The van der Waals surface area contributed by atoms with E-state index in [9.17, 15) is 40.0 Å². The highest BCUT2D eigenvalue weighted by Crippen LogP contribution is 2.41. The smallest absolute Gasteiger partial charge is 0.291 e. The second-order valence-corrected chi connectivity index (χ2v) is 8.32. The molecule has 0 aromatic heterocycles. The van der Waals surface area contributed by atoms with Crippen LogP contribution in [0.4, 0.5) is 22.7 Å². The van der Waals surface area contributed by atoms with E-state index in [0.717, 1.165) is 24.3 Å². The van der Waals surface area contributed by atoms with Crippen molar-refractivity contribution in [3.8, 4) is 11.5 Å². The molecule has 14 nitrogen and oxygen atoms in total. The van der Waals surface area contributed by atoms with Gasteiger partial charge in [-0.3, -0.25) is 29.8 Å². The van der Waals surface area contributed by atoms with Crippen molar-refractivity contribution in [3.05, 3.63) is 54.5 Å². The van der Waals surface area contributed by atoms with Gasteiger partial charge >= 0.3 is 0 Å². The summed E-state index contributed by atoms with van der Waals surface area (Å²) >= 11 is 11.5. The van der Waals surface area contributed by atoms with Crippen molar-refractivity contribution in [3.63, 3.8) is 0 Å². The van der Waals surface area contributed by atoms with Crippen molar-refractivity contribution in [2.24, 2.45) is 0 Å². The second kappa shape index (κ2) is 9.50. The normalized spacial score (nSPS) is 18.6. The third-order valence-electron chi connectivity index (χ3n) is 4.71. The third kappa shape index (κ3) is 5.19. The van der Waals surface area contributed by atoms with Gasteiger partial charge in [-0.2, -0.15) is 0 Å². The Morgan fingerprint density at radius 1 is 0.857 bits per heavy atom. The zero-order valence-corrected chi connectivity index (χ0v) is 19.3. The molecule has 0 saturated carbocycles. The minimum Gasteiger partial charge on any atom is -0.504 e. The van der Waals surface area contributed by atoms with Crippen LogP contribution >= 0.6 is 23.2 Å². The second-order valence-electron chi connectivity index (χ2n) is 7.56. The summed E-state index contributed by atoms with van der Waals surface area (Å²) in [5, 5.41) is 45.4. The SMILES string of the molecule is CC1(C)O[C@@H](C(=O)Nc2ccc([N+](=O)[O-])c(Cl)c2O)[C@H](C(=O)Nc2ccc([N+](=O)[O-])c(Cl)c2O)O1. The van der Waals surface area contributed by atoms with Crippen LogP contribution in [0.3, 0.4) is 0 Å². The van der Waals surface area contributed by atoms with Crippen molar-refractivity contribution in [2.75, 3.05) is 10.6 Å². The van der Waals surface area contributed by atoms with Gasteiger partial charge in [0.25, 0.3) is 23.2 Å². The van der Waals surface area contributed by atoms with E-state index in [1.807, 2.05) is 0 Å². The lowest BCUT2D eigenvalue weighted by Gasteiger charge is -2.17. The number of halogens is 2.